The Balaban J connectivity index is 1.42. The van der Waals surface area contributed by atoms with E-state index in [9.17, 15) is 0 Å². The van der Waals surface area contributed by atoms with Crippen LogP contribution in [0.4, 0.5) is 0 Å². The molecule has 6 aromatic carbocycles. The molecule has 0 atom stereocenters. The highest BCUT2D eigenvalue weighted by Gasteiger charge is 2.21. The number of rotatable bonds is 3. The minimum absolute atomic E-state index is 0.990. The van der Waals surface area contributed by atoms with Crippen LogP contribution in [0.15, 0.2) is 132 Å². The number of furan rings is 1. The van der Waals surface area contributed by atoms with E-state index in [0.717, 1.165) is 29.7 Å². The van der Waals surface area contributed by atoms with Crippen molar-refractivity contribution in [2.24, 2.45) is 0 Å². The number of para-hydroxylation sites is 1. The summed E-state index contributed by atoms with van der Waals surface area (Å²) in [5.74, 6) is 1.01. The number of benzene rings is 6. The average Bonchev–Trinajstić information content (AvgIpc) is 3.40. The zero-order valence-electron chi connectivity index (χ0n) is 21.5. The van der Waals surface area contributed by atoms with Crippen LogP contribution in [0, 0.1) is 0 Å². The predicted octanol–water partition coefficient (Wildman–Crippen LogP) is 10.7. The third kappa shape index (κ3) is 3.47. The highest BCUT2D eigenvalue weighted by atomic mass is 16.3. The monoisotopic (exact) mass is 498 g/mol. The Bertz CT molecular complexity index is 1980. The summed E-state index contributed by atoms with van der Waals surface area (Å²) in [6.45, 7) is 0. The van der Waals surface area contributed by atoms with Crippen LogP contribution in [0.1, 0.15) is 17.7 Å². The molecule has 7 aromatic rings. The molecule has 0 N–H and O–H groups in total. The van der Waals surface area contributed by atoms with Crippen LogP contribution in [0.5, 0.6) is 0 Å². The summed E-state index contributed by atoms with van der Waals surface area (Å²) in [4.78, 5) is 0. The third-order valence-electron chi connectivity index (χ3n) is 8.16. The topological polar surface area (TPSA) is 13.1 Å². The molecule has 1 aromatic heterocycles. The van der Waals surface area contributed by atoms with E-state index >= 15 is 0 Å². The van der Waals surface area contributed by atoms with E-state index in [-0.39, 0.29) is 0 Å². The van der Waals surface area contributed by atoms with Gasteiger partial charge in [-0.25, -0.2) is 0 Å². The molecule has 0 saturated heterocycles. The van der Waals surface area contributed by atoms with Gasteiger partial charge in [0.25, 0.3) is 0 Å². The minimum atomic E-state index is 0.990. The second-order valence-electron chi connectivity index (χ2n) is 10.4. The summed E-state index contributed by atoms with van der Waals surface area (Å²) >= 11 is 0. The van der Waals surface area contributed by atoms with Crippen LogP contribution in [-0.4, -0.2) is 0 Å². The lowest BCUT2D eigenvalue weighted by molar-refractivity contribution is 0.596. The third-order valence-corrected chi connectivity index (χ3v) is 8.16. The normalized spacial score (nSPS) is 12.8. The molecular formula is C38H26O. The van der Waals surface area contributed by atoms with E-state index in [1.54, 1.807) is 0 Å². The predicted molar refractivity (Wildman–Crippen MR) is 165 cm³/mol. The second-order valence-corrected chi connectivity index (χ2v) is 10.4. The van der Waals surface area contributed by atoms with Crippen molar-refractivity contribution in [2.45, 2.75) is 12.8 Å². The fourth-order valence-electron chi connectivity index (χ4n) is 6.39. The Kier molecular flexibility index (Phi) is 5.03. The van der Waals surface area contributed by atoms with Crippen LogP contribution < -0.4 is 0 Å². The van der Waals surface area contributed by atoms with Crippen molar-refractivity contribution in [3.63, 3.8) is 0 Å². The van der Waals surface area contributed by atoms with E-state index in [1.807, 2.05) is 0 Å². The number of allylic oxidation sites excluding steroid dienone is 1. The Morgan fingerprint density at radius 1 is 0.462 bits per heavy atom. The molecule has 1 heterocycles. The summed E-state index contributed by atoms with van der Waals surface area (Å²) in [5.41, 5.74) is 9.69. The Morgan fingerprint density at radius 2 is 1.03 bits per heavy atom. The molecule has 0 aliphatic heterocycles. The van der Waals surface area contributed by atoms with E-state index in [4.69, 9.17) is 4.42 Å². The summed E-state index contributed by atoms with van der Waals surface area (Å²) in [6.07, 6.45) is 6.45. The minimum Gasteiger partial charge on any atom is -0.456 e. The van der Waals surface area contributed by atoms with Gasteiger partial charge in [0.15, 0.2) is 0 Å². The van der Waals surface area contributed by atoms with Gasteiger partial charge in [0.05, 0.1) is 0 Å². The molecule has 1 heteroatoms. The molecule has 0 fully saturated rings. The lowest BCUT2D eigenvalue weighted by Crippen LogP contribution is -1.91. The highest BCUT2D eigenvalue weighted by Crippen LogP contribution is 2.46. The maximum Gasteiger partial charge on any atom is 0.142 e. The Labute approximate surface area is 227 Å². The van der Waals surface area contributed by atoms with E-state index in [0.29, 0.717) is 0 Å². The quantitative estimate of drug-likeness (QED) is 0.221. The standard InChI is InChI=1S/C38H26O/c1-2-11-25(12-3-1)26-21-23-27(24-22-26)36-29-14-4-6-16-31(29)37(32-17-7-5-15-30(32)36)34-19-10-18-33-28-13-8-9-20-35(28)39-38(33)34/h1-7,9-12,14-24H,8,13H2. The molecular weight excluding hydrogens is 472 g/mol. The maximum atomic E-state index is 6.56. The van der Waals surface area contributed by atoms with Crippen molar-refractivity contribution in [2.75, 3.05) is 0 Å². The van der Waals surface area contributed by atoms with Gasteiger partial charge in [-0.2, -0.15) is 0 Å². The maximum absolute atomic E-state index is 6.56. The van der Waals surface area contributed by atoms with Crippen LogP contribution >= 0.6 is 0 Å². The van der Waals surface area contributed by atoms with Gasteiger partial charge < -0.3 is 4.42 Å². The van der Waals surface area contributed by atoms with Gasteiger partial charge in [0.1, 0.15) is 11.3 Å². The zero-order chi connectivity index (χ0) is 25.8. The van der Waals surface area contributed by atoms with Crippen LogP contribution in [0.2, 0.25) is 0 Å². The molecule has 1 aliphatic carbocycles. The van der Waals surface area contributed by atoms with E-state index < -0.39 is 0 Å². The number of fused-ring (bicyclic) bond motifs is 5. The highest BCUT2D eigenvalue weighted by molar-refractivity contribution is 6.23. The van der Waals surface area contributed by atoms with Gasteiger partial charge in [0, 0.05) is 22.1 Å². The number of hydrogen-bond donors (Lipinski definition) is 0. The van der Waals surface area contributed by atoms with Gasteiger partial charge in [-0.15, -0.1) is 0 Å². The molecule has 0 bridgehead atoms. The van der Waals surface area contributed by atoms with Gasteiger partial charge in [-0.05, 0) is 62.7 Å². The van der Waals surface area contributed by atoms with Crippen molar-refractivity contribution in [3.8, 4) is 33.4 Å². The summed E-state index contributed by atoms with van der Waals surface area (Å²) in [5, 5.41) is 6.24. The smallest absolute Gasteiger partial charge is 0.142 e. The molecule has 0 spiro atoms. The van der Waals surface area contributed by atoms with Gasteiger partial charge in [0.2, 0.25) is 0 Å². The molecule has 39 heavy (non-hydrogen) atoms. The van der Waals surface area contributed by atoms with Crippen LogP contribution in [0.3, 0.4) is 0 Å². The molecule has 184 valence electrons. The van der Waals surface area contributed by atoms with Crippen molar-refractivity contribution in [3.05, 3.63) is 139 Å². The first-order valence-corrected chi connectivity index (χ1v) is 13.7. The fourth-order valence-corrected chi connectivity index (χ4v) is 6.39. The SMILES string of the molecule is C1=Cc2oc3c(-c4c5ccccc5c(-c5ccc(-c6ccccc6)cc5)c5ccccc45)cccc3c2CC1. The molecule has 0 saturated carbocycles. The first-order valence-electron chi connectivity index (χ1n) is 13.7. The molecule has 0 unspecified atom stereocenters. The van der Waals surface area contributed by atoms with Crippen molar-refractivity contribution in [1.82, 2.24) is 0 Å². The Hall–Kier alpha value is -4.88. The van der Waals surface area contributed by atoms with Crippen molar-refractivity contribution < 1.29 is 4.42 Å². The molecule has 1 aliphatic rings. The first-order chi connectivity index (χ1) is 19.4. The van der Waals surface area contributed by atoms with Crippen LogP contribution in [0.25, 0.3) is 72.0 Å². The average molecular weight is 499 g/mol. The lowest BCUT2D eigenvalue weighted by Gasteiger charge is -2.18. The largest absolute Gasteiger partial charge is 0.456 e. The lowest BCUT2D eigenvalue weighted by atomic mass is 9.85. The number of hydrogen-bond acceptors (Lipinski definition) is 1. The second kappa shape index (κ2) is 8.85. The molecule has 0 amide bonds. The zero-order valence-corrected chi connectivity index (χ0v) is 21.5. The van der Waals surface area contributed by atoms with Gasteiger partial charge >= 0.3 is 0 Å². The Morgan fingerprint density at radius 3 is 1.72 bits per heavy atom. The van der Waals surface area contributed by atoms with Gasteiger partial charge in [-0.3, -0.25) is 0 Å². The molecule has 8 rings (SSSR count). The summed E-state index contributed by atoms with van der Waals surface area (Å²) in [6, 6.07) is 43.9. The van der Waals surface area contributed by atoms with Crippen molar-refractivity contribution in [1.29, 1.82) is 0 Å². The fraction of sp³-hybridized carbons (Fsp3) is 0.0526. The van der Waals surface area contributed by atoms with Crippen molar-refractivity contribution >= 4 is 38.6 Å². The molecule has 0 radical (unpaired) electrons. The summed E-state index contributed by atoms with van der Waals surface area (Å²) < 4.78 is 6.56. The van der Waals surface area contributed by atoms with Crippen LogP contribution in [-0.2, 0) is 6.42 Å². The van der Waals surface area contributed by atoms with Gasteiger partial charge in [-0.1, -0.05) is 127 Å². The van der Waals surface area contributed by atoms with E-state index in [2.05, 4.69) is 133 Å². The summed E-state index contributed by atoms with van der Waals surface area (Å²) in [7, 11) is 0. The number of aryl methyl sites for hydroxylation is 1. The first kappa shape index (κ1) is 22.1. The van der Waals surface area contributed by atoms with E-state index in [1.165, 1.54) is 60.3 Å². The molecule has 1 nitrogen and oxygen atoms in total.